The number of halogens is 1. The molecule has 0 aliphatic heterocycles. The van der Waals surface area contributed by atoms with Crippen molar-refractivity contribution >= 4 is 10.9 Å². The maximum absolute atomic E-state index is 13.5. The molecule has 0 saturated heterocycles. The highest BCUT2D eigenvalue weighted by Crippen LogP contribution is 2.30. The van der Waals surface area contributed by atoms with Crippen molar-refractivity contribution in [3.8, 4) is 5.75 Å². The molecule has 2 rings (SSSR count). The summed E-state index contributed by atoms with van der Waals surface area (Å²) in [5, 5.41) is 0.992. The second-order valence-electron chi connectivity index (χ2n) is 6.02. The molecular formula is C17H25FN2O. The van der Waals surface area contributed by atoms with Crippen LogP contribution in [-0.4, -0.2) is 35.6 Å². The maximum Gasteiger partial charge on any atom is 0.131 e. The highest BCUT2D eigenvalue weighted by molar-refractivity contribution is 5.89. The van der Waals surface area contributed by atoms with Crippen LogP contribution in [0.1, 0.15) is 33.3 Å². The first-order valence-corrected chi connectivity index (χ1v) is 7.53. The first-order chi connectivity index (χ1) is 9.93. The smallest absolute Gasteiger partial charge is 0.131 e. The molecule has 0 amide bonds. The van der Waals surface area contributed by atoms with E-state index in [1.807, 2.05) is 6.20 Å². The summed E-state index contributed by atoms with van der Waals surface area (Å²) in [6.07, 6.45) is 2.88. The summed E-state index contributed by atoms with van der Waals surface area (Å²) in [4.78, 5) is 5.60. The third kappa shape index (κ3) is 3.38. The topological polar surface area (TPSA) is 28.3 Å². The molecule has 0 atom stereocenters. The standard InChI is InChI=1S/C17H25FN2O/c1-11(2)20(12(3)4)7-6-13-10-19-15-8-14(18)9-16(21-5)17(13)15/h8-12,19H,6-7H2,1-5H3. The van der Waals surface area contributed by atoms with Gasteiger partial charge in [0.15, 0.2) is 0 Å². The molecule has 21 heavy (non-hydrogen) atoms. The van der Waals surface area contributed by atoms with Crippen LogP contribution in [0.2, 0.25) is 0 Å². The molecule has 0 aliphatic rings. The van der Waals surface area contributed by atoms with E-state index in [2.05, 4.69) is 37.6 Å². The van der Waals surface area contributed by atoms with Gasteiger partial charge in [-0.05, 0) is 45.7 Å². The monoisotopic (exact) mass is 292 g/mol. The van der Waals surface area contributed by atoms with Gasteiger partial charge in [-0.15, -0.1) is 0 Å². The Labute approximate surface area is 126 Å². The lowest BCUT2D eigenvalue weighted by molar-refractivity contribution is 0.177. The second-order valence-corrected chi connectivity index (χ2v) is 6.02. The van der Waals surface area contributed by atoms with E-state index in [1.165, 1.54) is 17.7 Å². The maximum atomic E-state index is 13.5. The third-order valence-corrected chi connectivity index (χ3v) is 3.98. The van der Waals surface area contributed by atoms with Gasteiger partial charge >= 0.3 is 0 Å². The zero-order valence-corrected chi connectivity index (χ0v) is 13.5. The van der Waals surface area contributed by atoms with Crippen molar-refractivity contribution < 1.29 is 9.13 Å². The SMILES string of the molecule is COc1cc(F)cc2[nH]cc(CCN(C(C)C)C(C)C)c12. The summed E-state index contributed by atoms with van der Waals surface area (Å²) in [6, 6.07) is 3.98. The molecule has 0 fully saturated rings. The van der Waals surface area contributed by atoms with E-state index >= 15 is 0 Å². The molecule has 4 heteroatoms. The lowest BCUT2D eigenvalue weighted by atomic mass is 10.1. The van der Waals surface area contributed by atoms with Crippen molar-refractivity contribution in [3.63, 3.8) is 0 Å². The Morgan fingerprint density at radius 2 is 1.86 bits per heavy atom. The normalized spacial score (nSPS) is 12.0. The van der Waals surface area contributed by atoms with Gasteiger partial charge in [-0.2, -0.15) is 0 Å². The van der Waals surface area contributed by atoms with Gasteiger partial charge in [0.05, 0.1) is 12.6 Å². The largest absolute Gasteiger partial charge is 0.496 e. The van der Waals surface area contributed by atoms with Gasteiger partial charge in [0.25, 0.3) is 0 Å². The van der Waals surface area contributed by atoms with Crippen LogP contribution in [0.5, 0.6) is 5.75 Å². The van der Waals surface area contributed by atoms with E-state index < -0.39 is 0 Å². The Hall–Kier alpha value is -1.55. The third-order valence-electron chi connectivity index (χ3n) is 3.98. The molecule has 1 aromatic heterocycles. The van der Waals surface area contributed by atoms with Crippen molar-refractivity contribution in [2.75, 3.05) is 13.7 Å². The summed E-state index contributed by atoms with van der Waals surface area (Å²) in [5.41, 5.74) is 1.97. The number of hydrogen-bond donors (Lipinski definition) is 1. The molecule has 0 saturated carbocycles. The Kier molecular flexibility index (Phi) is 4.88. The fourth-order valence-corrected chi connectivity index (χ4v) is 2.98. The molecule has 1 aromatic carbocycles. The quantitative estimate of drug-likeness (QED) is 0.872. The summed E-state index contributed by atoms with van der Waals surface area (Å²) in [6.45, 7) is 9.83. The molecule has 0 aliphatic carbocycles. The number of rotatable bonds is 6. The van der Waals surface area contributed by atoms with Gasteiger partial charge in [0.1, 0.15) is 11.6 Å². The number of nitrogens with zero attached hydrogens (tertiary/aromatic N) is 1. The molecule has 0 radical (unpaired) electrons. The van der Waals surface area contributed by atoms with E-state index in [-0.39, 0.29) is 5.82 Å². The zero-order valence-electron chi connectivity index (χ0n) is 13.5. The summed E-state index contributed by atoms with van der Waals surface area (Å²) < 4.78 is 18.8. The van der Waals surface area contributed by atoms with Crippen molar-refractivity contribution in [1.29, 1.82) is 0 Å². The van der Waals surface area contributed by atoms with Crippen LogP contribution in [0.4, 0.5) is 4.39 Å². The van der Waals surface area contributed by atoms with Gasteiger partial charge in [-0.25, -0.2) is 4.39 Å². The van der Waals surface area contributed by atoms with Crippen molar-refractivity contribution in [1.82, 2.24) is 9.88 Å². The number of H-pyrrole nitrogens is 1. The summed E-state index contributed by atoms with van der Waals surface area (Å²) >= 11 is 0. The van der Waals surface area contributed by atoms with E-state index in [0.29, 0.717) is 17.8 Å². The van der Waals surface area contributed by atoms with E-state index in [1.54, 1.807) is 7.11 Å². The van der Waals surface area contributed by atoms with E-state index in [4.69, 9.17) is 4.74 Å². The zero-order chi connectivity index (χ0) is 15.6. The molecule has 0 unspecified atom stereocenters. The van der Waals surface area contributed by atoms with Crippen LogP contribution < -0.4 is 4.74 Å². The Morgan fingerprint density at radius 1 is 1.19 bits per heavy atom. The minimum absolute atomic E-state index is 0.279. The summed E-state index contributed by atoms with van der Waals surface area (Å²) in [5.74, 6) is 0.320. The Balaban J connectivity index is 2.27. The molecule has 1 N–H and O–H groups in total. The minimum atomic E-state index is -0.279. The van der Waals surface area contributed by atoms with Gasteiger partial charge < -0.3 is 9.72 Å². The average Bonchev–Trinajstić information content (AvgIpc) is 2.80. The van der Waals surface area contributed by atoms with Crippen LogP contribution in [0.15, 0.2) is 18.3 Å². The lowest BCUT2D eigenvalue weighted by Crippen LogP contribution is -2.38. The Bertz CT molecular complexity index is 596. The number of aromatic amines is 1. The molecular weight excluding hydrogens is 267 g/mol. The van der Waals surface area contributed by atoms with Gasteiger partial charge in [0.2, 0.25) is 0 Å². The highest BCUT2D eigenvalue weighted by atomic mass is 19.1. The van der Waals surface area contributed by atoms with Crippen LogP contribution in [0.25, 0.3) is 10.9 Å². The number of benzene rings is 1. The van der Waals surface area contributed by atoms with Crippen molar-refractivity contribution in [3.05, 3.63) is 29.7 Å². The number of aromatic nitrogens is 1. The van der Waals surface area contributed by atoms with Crippen molar-refractivity contribution in [2.45, 2.75) is 46.2 Å². The molecule has 2 aromatic rings. The van der Waals surface area contributed by atoms with Crippen molar-refractivity contribution in [2.24, 2.45) is 0 Å². The van der Waals surface area contributed by atoms with Gasteiger partial charge in [-0.3, -0.25) is 4.90 Å². The molecule has 3 nitrogen and oxygen atoms in total. The molecule has 1 heterocycles. The second kappa shape index (κ2) is 6.48. The summed E-state index contributed by atoms with van der Waals surface area (Å²) in [7, 11) is 1.58. The number of fused-ring (bicyclic) bond motifs is 1. The predicted molar refractivity (Wildman–Crippen MR) is 85.5 cm³/mol. The molecule has 0 bridgehead atoms. The fraction of sp³-hybridized carbons (Fsp3) is 0.529. The van der Waals surface area contributed by atoms with E-state index in [0.717, 1.165) is 23.9 Å². The number of ether oxygens (including phenoxy) is 1. The lowest BCUT2D eigenvalue weighted by Gasteiger charge is -2.30. The van der Waals surface area contributed by atoms with Gasteiger partial charge in [-0.1, -0.05) is 0 Å². The number of methoxy groups -OCH3 is 1. The van der Waals surface area contributed by atoms with Crippen LogP contribution in [0, 0.1) is 5.82 Å². The first kappa shape index (κ1) is 15.8. The molecule has 0 spiro atoms. The molecule has 116 valence electrons. The number of nitrogens with one attached hydrogen (secondary N) is 1. The minimum Gasteiger partial charge on any atom is -0.496 e. The average molecular weight is 292 g/mol. The first-order valence-electron chi connectivity index (χ1n) is 7.53. The van der Waals surface area contributed by atoms with Crippen LogP contribution in [-0.2, 0) is 6.42 Å². The fourth-order valence-electron chi connectivity index (χ4n) is 2.98. The van der Waals surface area contributed by atoms with Crippen LogP contribution in [0.3, 0.4) is 0 Å². The Morgan fingerprint density at radius 3 is 2.43 bits per heavy atom. The number of hydrogen-bond acceptors (Lipinski definition) is 2. The van der Waals surface area contributed by atoms with Crippen LogP contribution >= 0.6 is 0 Å². The van der Waals surface area contributed by atoms with Gasteiger partial charge in [0, 0.05) is 36.3 Å². The van der Waals surface area contributed by atoms with E-state index in [9.17, 15) is 4.39 Å². The highest BCUT2D eigenvalue weighted by Gasteiger charge is 2.16. The predicted octanol–water partition coefficient (Wildman–Crippen LogP) is 3.98.